The van der Waals surface area contributed by atoms with Crippen LogP contribution in [-0.4, -0.2) is 29.6 Å². The number of rotatable bonds is 6. The van der Waals surface area contributed by atoms with Gasteiger partial charge in [0.15, 0.2) is 5.03 Å². The second kappa shape index (κ2) is 6.17. The van der Waals surface area contributed by atoms with Gasteiger partial charge in [0.2, 0.25) is 0 Å². The highest BCUT2D eigenvalue weighted by molar-refractivity contribution is 9.09. The summed E-state index contributed by atoms with van der Waals surface area (Å²) in [5.41, 5.74) is 0. The number of alkyl halides is 1. The Morgan fingerprint density at radius 1 is 1.65 bits per heavy atom. The molecule has 0 spiro atoms. The summed E-state index contributed by atoms with van der Waals surface area (Å²) >= 11 is 9.11. The third-order valence-electron chi connectivity index (χ3n) is 2.22. The number of halogens is 2. The van der Waals surface area contributed by atoms with E-state index < -0.39 is 10.0 Å². The summed E-state index contributed by atoms with van der Waals surface area (Å²) in [6.45, 7) is 1.82. The Balaban J connectivity index is 2.83. The second-order valence-electron chi connectivity index (χ2n) is 3.77. The Morgan fingerprint density at radius 2 is 2.29 bits per heavy atom. The standard InChI is InChI=1S/C9H15BrClN3O2S/c1-7(4-3-5-10)13-17(15,16)9-8(11)6-12-14(9)2/h6-7,13H,3-5H2,1-2H3. The first-order valence-electron chi connectivity index (χ1n) is 5.14. The molecule has 0 amide bonds. The largest absolute Gasteiger partial charge is 0.259 e. The van der Waals surface area contributed by atoms with E-state index in [0.29, 0.717) is 0 Å². The topological polar surface area (TPSA) is 64.0 Å². The number of nitrogens with one attached hydrogen (secondary N) is 1. The number of nitrogens with zero attached hydrogens (tertiary/aromatic N) is 2. The van der Waals surface area contributed by atoms with Crippen molar-refractivity contribution >= 4 is 37.6 Å². The highest BCUT2D eigenvalue weighted by Crippen LogP contribution is 2.20. The van der Waals surface area contributed by atoms with Crippen LogP contribution in [0.3, 0.4) is 0 Å². The minimum Gasteiger partial charge on any atom is -0.255 e. The first-order valence-corrected chi connectivity index (χ1v) is 8.12. The van der Waals surface area contributed by atoms with Crippen molar-refractivity contribution in [2.24, 2.45) is 7.05 Å². The Morgan fingerprint density at radius 3 is 2.76 bits per heavy atom. The van der Waals surface area contributed by atoms with Gasteiger partial charge in [-0.2, -0.15) is 5.10 Å². The molecule has 0 aliphatic carbocycles. The van der Waals surface area contributed by atoms with Crippen molar-refractivity contribution in [3.8, 4) is 0 Å². The first-order chi connectivity index (χ1) is 7.88. The molecule has 8 heteroatoms. The van der Waals surface area contributed by atoms with E-state index in [1.54, 1.807) is 7.05 Å². The predicted molar refractivity (Wildman–Crippen MR) is 71.0 cm³/mol. The molecule has 0 bridgehead atoms. The van der Waals surface area contributed by atoms with Crippen LogP contribution in [0.1, 0.15) is 19.8 Å². The molecule has 0 saturated heterocycles. The van der Waals surface area contributed by atoms with E-state index >= 15 is 0 Å². The summed E-state index contributed by atoms with van der Waals surface area (Å²) in [7, 11) is -2.06. The SMILES string of the molecule is CC(CCCBr)NS(=O)(=O)c1c(Cl)cnn1C. The number of hydrogen-bond acceptors (Lipinski definition) is 3. The van der Waals surface area contributed by atoms with Crippen molar-refractivity contribution in [2.45, 2.75) is 30.8 Å². The molecular formula is C9H15BrClN3O2S. The fraction of sp³-hybridized carbons (Fsp3) is 0.667. The lowest BCUT2D eigenvalue weighted by Gasteiger charge is -2.13. The van der Waals surface area contributed by atoms with Crippen LogP contribution in [-0.2, 0) is 17.1 Å². The smallest absolute Gasteiger partial charge is 0.255 e. The molecule has 0 saturated carbocycles. The highest BCUT2D eigenvalue weighted by Gasteiger charge is 2.24. The Bertz CT molecular complexity index is 455. The predicted octanol–water partition coefficient (Wildman–Crippen LogP) is 1.92. The second-order valence-corrected chi connectivity index (χ2v) is 6.60. The molecule has 1 aromatic rings. The van der Waals surface area contributed by atoms with Crippen LogP contribution in [0.15, 0.2) is 11.2 Å². The number of sulfonamides is 1. The summed E-state index contributed by atoms with van der Waals surface area (Å²) in [5, 5.41) is 4.80. The molecule has 0 fully saturated rings. The maximum absolute atomic E-state index is 12.0. The van der Waals surface area contributed by atoms with Crippen LogP contribution < -0.4 is 4.72 Å². The molecule has 1 rings (SSSR count). The fourth-order valence-electron chi connectivity index (χ4n) is 1.46. The molecule has 5 nitrogen and oxygen atoms in total. The number of aryl methyl sites for hydroxylation is 1. The molecule has 1 atom stereocenters. The quantitative estimate of drug-likeness (QED) is 0.802. The van der Waals surface area contributed by atoms with Gasteiger partial charge in [0, 0.05) is 18.4 Å². The molecule has 0 aliphatic heterocycles. The van der Waals surface area contributed by atoms with E-state index in [1.165, 1.54) is 10.9 Å². The van der Waals surface area contributed by atoms with Gasteiger partial charge >= 0.3 is 0 Å². The van der Waals surface area contributed by atoms with Gasteiger partial charge in [-0.05, 0) is 19.8 Å². The van der Waals surface area contributed by atoms with Gasteiger partial charge in [0.1, 0.15) is 0 Å². The fourth-order valence-corrected chi connectivity index (χ4v) is 3.72. The van der Waals surface area contributed by atoms with Crippen molar-refractivity contribution in [1.29, 1.82) is 0 Å². The third-order valence-corrected chi connectivity index (χ3v) is 4.88. The summed E-state index contributed by atoms with van der Waals surface area (Å²) in [5.74, 6) is 0. The van der Waals surface area contributed by atoms with E-state index in [1.807, 2.05) is 6.92 Å². The summed E-state index contributed by atoms with van der Waals surface area (Å²) in [6.07, 6.45) is 2.99. The lowest BCUT2D eigenvalue weighted by molar-refractivity contribution is 0.532. The molecule has 0 radical (unpaired) electrons. The monoisotopic (exact) mass is 343 g/mol. The van der Waals surface area contributed by atoms with Crippen molar-refractivity contribution in [3.63, 3.8) is 0 Å². The van der Waals surface area contributed by atoms with Gasteiger partial charge < -0.3 is 0 Å². The van der Waals surface area contributed by atoms with Gasteiger partial charge in [0.05, 0.1) is 11.2 Å². The van der Waals surface area contributed by atoms with Gasteiger partial charge in [-0.1, -0.05) is 27.5 Å². The lowest BCUT2D eigenvalue weighted by atomic mass is 10.2. The average Bonchev–Trinajstić information content (AvgIpc) is 2.55. The summed E-state index contributed by atoms with van der Waals surface area (Å²) in [4.78, 5) is 0. The molecular weight excluding hydrogens is 330 g/mol. The highest BCUT2D eigenvalue weighted by atomic mass is 79.9. The van der Waals surface area contributed by atoms with Crippen molar-refractivity contribution in [3.05, 3.63) is 11.2 Å². The van der Waals surface area contributed by atoms with E-state index in [-0.39, 0.29) is 16.1 Å². The zero-order valence-corrected chi connectivity index (χ0v) is 12.8. The zero-order chi connectivity index (χ0) is 13.1. The van der Waals surface area contributed by atoms with Crippen LogP contribution in [0.5, 0.6) is 0 Å². The number of hydrogen-bond donors (Lipinski definition) is 1. The average molecular weight is 345 g/mol. The molecule has 1 N–H and O–H groups in total. The van der Waals surface area contributed by atoms with E-state index in [2.05, 4.69) is 25.8 Å². The summed E-state index contributed by atoms with van der Waals surface area (Å²) in [6, 6.07) is -0.136. The van der Waals surface area contributed by atoms with Crippen molar-refractivity contribution in [2.75, 3.05) is 5.33 Å². The van der Waals surface area contributed by atoms with Gasteiger partial charge in [-0.15, -0.1) is 0 Å². The maximum atomic E-state index is 12.0. The van der Waals surface area contributed by atoms with E-state index in [4.69, 9.17) is 11.6 Å². The van der Waals surface area contributed by atoms with Gasteiger partial charge in [-0.25, -0.2) is 13.1 Å². The van der Waals surface area contributed by atoms with Gasteiger partial charge in [0.25, 0.3) is 10.0 Å². The lowest BCUT2D eigenvalue weighted by Crippen LogP contribution is -2.34. The third kappa shape index (κ3) is 3.94. The van der Waals surface area contributed by atoms with Crippen LogP contribution in [0.2, 0.25) is 5.02 Å². The van der Waals surface area contributed by atoms with Crippen molar-refractivity contribution in [1.82, 2.24) is 14.5 Å². The van der Waals surface area contributed by atoms with E-state index in [0.717, 1.165) is 18.2 Å². The molecule has 17 heavy (non-hydrogen) atoms. The Kier molecular flexibility index (Phi) is 5.43. The Hall–Kier alpha value is -0.110. The van der Waals surface area contributed by atoms with E-state index in [9.17, 15) is 8.42 Å². The van der Waals surface area contributed by atoms with Crippen LogP contribution in [0.25, 0.3) is 0 Å². The Labute approximate surface area is 115 Å². The van der Waals surface area contributed by atoms with Gasteiger partial charge in [-0.3, -0.25) is 4.68 Å². The molecule has 1 unspecified atom stereocenters. The normalized spacial score (nSPS) is 13.9. The molecule has 0 aromatic carbocycles. The minimum absolute atomic E-state index is 0.00450. The van der Waals surface area contributed by atoms with Crippen LogP contribution in [0, 0.1) is 0 Å². The summed E-state index contributed by atoms with van der Waals surface area (Å²) < 4.78 is 27.9. The van der Waals surface area contributed by atoms with Crippen LogP contribution >= 0.6 is 27.5 Å². The minimum atomic E-state index is -3.60. The zero-order valence-electron chi connectivity index (χ0n) is 9.65. The first kappa shape index (κ1) is 14.9. The maximum Gasteiger partial charge on any atom is 0.259 e. The van der Waals surface area contributed by atoms with Crippen molar-refractivity contribution < 1.29 is 8.42 Å². The number of aromatic nitrogens is 2. The molecule has 1 aromatic heterocycles. The molecule has 0 aliphatic rings. The molecule has 1 heterocycles. The molecule has 98 valence electrons. The van der Waals surface area contributed by atoms with Crippen LogP contribution in [0.4, 0.5) is 0 Å².